The average molecular weight is 213 g/mol. The summed E-state index contributed by atoms with van der Waals surface area (Å²) in [6.45, 7) is 7.32. The van der Waals surface area contributed by atoms with E-state index in [-0.39, 0.29) is 0 Å². The van der Waals surface area contributed by atoms with Crippen LogP contribution >= 0.6 is 0 Å². The van der Waals surface area contributed by atoms with Gasteiger partial charge in [-0.3, -0.25) is 5.32 Å². The van der Waals surface area contributed by atoms with E-state index in [0.29, 0.717) is 6.42 Å². The van der Waals surface area contributed by atoms with Crippen LogP contribution in [0.4, 0.5) is 4.79 Å². The Morgan fingerprint density at radius 2 is 2.13 bits per heavy atom. The van der Waals surface area contributed by atoms with E-state index in [0.717, 1.165) is 6.42 Å². The highest BCUT2D eigenvalue weighted by molar-refractivity contribution is 5.71. The summed E-state index contributed by atoms with van der Waals surface area (Å²) in [6.07, 6.45) is 2.89. The van der Waals surface area contributed by atoms with Gasteiger partial charge in [0.25, 0.3) is 0 Å². The largest absolute Gasteiger partial charge is 0.438 e. The predicted molar refractivity (Wildman–Crippen MR) is 57.3 cm³/mol. The van der Waals surface area contributed by atoms with Crippen molar-refractivity contribution in [3.05, 3.63) is 11.6 Å². The van der Waals surface area contributed by atoms with Gasteiger partial charge in [-0.05, 0) is 40.5 Å². The average Bonchev–Trinajstić information content (AvgIpc) is 2.19. The van der Waals surface area contributed by atoms with Crippen LogP contribution < -0.4 is 5.32 Å². The Kier molecular flexibility index (Phi) is 3.09. The summed E-state index contributed by atoms with van der Waals surface area (Å²) in [4.78, 5) is 11.1. The molecule has 0 radical (unpaired) electrons. The van der Waals surface area contributed by atoms with Gasteiger partial charge in [0.15, 0.2) is 11.3 Å². The Balaban J connectivity index is 2.66. The van der Waals surface area contributed by atoms with Crippen molar-refractivity contribution in [2.24, 2.45) is 0 Å². The Bertz CT molecular complexity index is 292. The molecule has 1 rings (SSSR count). The van der Waals surface area contributed by atoms with Gasteiger partial charge in [0, 0.05) is 0 Å². The number of allylic oxidation sites excluding steroid dienone is 2. The highest BCUT2D eigenvalue weighted by Gasteiger charge is 2.53. The first kappa shape index (κ1) is 12.0. The van der Waals surface area contributed by atoms with Gasteiger partial charge in [-0.1, -0.05) is 11.6 Å². The fraction of sp³-hybridized carbons (Fsp3) is 0.727. The molecule has 1 aliphatic heterocycles. The van der Waals surface area contributed by atoms with E-state index < -0.39 is 17.4 Å². The molecule has 2 atom stereocenters. The van der Waals surface area contributed by atoms with Gasteiger partial charge in [-0.2, -0.15) is 0 Å². The second kappa shape index (κ2) is 3.85. The molecule has 86 valence electrons. The van der Waals surface area contributed by atoms with Crippen molar-refractivity contribution >= 4 is 6.09 Å². The maximum Gasteiger partial charge on any atom is 0.410 e. The molecule has 1 fully saturated rings. The standard InChI is InChI=1S/C11H19NO3/c1-8(2)6-5-7-10(3)11(4,14)12-9(13)15-10/h6,14H,5,7H2,1-4H3,(H,12,13)/t10-,11-/m1/s1. The summed E-state index contributed by atoms with van der Waals surface area (Å²) >= 11 is 0. The molecule has 1 heterocycles. The molecular weight excluding hydrogens is 194 g/mol. The Hall–Kier alpha value is -1.03. The van der Waals surface area contributed by atoms with Crippen LogP contribution in [0, 0.1) is 0 Å². The molecule has 2 N–H and O–H groups in total. The van der Waals surface area contributed by atoms with Crippen molar-refractivity contribution in [3.63, 3.8) is 0 Å². The first-order chi connectivity index (χ1) is 6.77. The lowest BCUT2D eigenvalue weighted by Gasteiger charge is -2.32. The lowest BCUT2D eigenvalue weighted by atomic mass is 9.89. The number of nitrogens with one attached hydrogen (secondary N) is 1. The summed E-state index contributed by atoms with van der Waals surface area (Å²) in [5.41, 5.74) is -0.925. The molecule has 0 spiro atoms. The third kappa shape index (κ3) is 2.50. The first-order valence-corrected chi connectivity index (χ1v) is 5.14. The molecule has 0 aromatic rings. The van der Waals surface area contributed by atoms with Crippen molar-refractivity contribution in [1.82, 2.24) is 5.32 Å². The summed E-state index contributed by atoms with van der Waals surface area (Å²) < 4.78 is 5.12. The number of amides is 1. The van der Waals surface area contributed by atoms with Gasteiger partial charge in [0.05, 0.1) is 0 Å². The van der Waals surface area contributed by atoms with Crippen LogP contribution in [0.25, 0.3) is 0 Å². The lowest BCUT2D eigenvalue weighted by Crippen LogP contribution is -2.52. The number of carbonyl (C=O) groups excluding carboxylic acids is 1. The minimum Gasteiger partial charge on any atom is -0.438 e. The Morgan fingerprint density at radius 1 is 1.53 bits per heavy atom. The van der Waals surface area contributed by atoms with Crippen LogP contribution in [0.1, 0.15) is 40.5 Å². The van der Waals surface area contributed by atoms with Gasteiger partial charge < -0.3 is 9.84 Å². The molecule has 0 aromatic carbocycles. The number of hydrogen-bond acceptors (Lipinski definition) is 3. The van der Waals surface area contributed by atoms with Gasteiger partial charge in [-0.25, -0.2) is 4.79 Å². The van der Waals surface area contributed by atoms with E-state index in [9.17, 15) is 9.90 Å². The van der Waals surface area contributed by atoms with Gasteiger partial charge >= 0.3 is 6.09 Å². The minimum absolute atomic E-state index is 0.556. The van der Waals surface area contributed by atoms with Crippen molar-refractivity contribution in [2.75, 3.05) is 0 Å². The van der Waals surface area contributed by atoms with Crippen LogP contribution in [-0.2, 0) is 4.74 Å². The van der Waals surface area contributed by atoms with Crippen LogP contribution in [-0.4, -0.2) is 22.5 Å². The van der Waals surface area contributed by atoms with Gasteiger partial charge in [-0.15, -0.1) is 0 Å². The second-order valence-corrected chi connectivity index (χ2v) is 4.64. The van der Waals surface area contributed by atoms with E-state index in [2.05, 4.69) is 11.4 Å². The summed E-state index contributed by atoms with van der Waals surface area (Å²) in [5.74, 6) is 0. The fourth-order valence-corrected chi connectivity index (χ4v) is 1.59. The van der Waals surface area contributed by atoms with Crippen molar-refractivity contribution in [1.29, 1.82) is 0 Å². The van der Waals surface area contributed by atoms with Crippen molar-refractivity contribution in [2.45, 2.75) is 51.9 Å². The van der Waals surface area contributed by atoms with Crippen LogP contribution in [0.2, 0.25) is 0 Å². The molecule has 1 amide bonds. The molecule has 15 heavy (non-hydrogen) atoms. The topological polar surface area (TPSA) is 58.6 Å². The zero-order valence-corrected chi connectivity index (χ0v) is 9.76. The Morgan fingerprint density at radius 3 is 2.53 bits per heavy atom. The number of cyclic esters (lactones) is 1. The monoisotopic (exact) mass is 213 g/mol. The molecule has 4 nitrogen and oxygen atoms in total. The second-order valence-electron chi connectivity index (χ2n) is 4.64. The van der Waals surface area contributed by atoms with E-state index in [1.54, 1.807) is 13.8 Å². The maximum absolute atomic E-state index is 11.1. The Labute approximate surface area is 90.3 Å². The van der Waals surface area contributed by atoms with E-state index in [4.69, 9.17) is 4.74 Å². The highest BCUT2D eigenvalue weighted by Crippen LogP contribution is 2.34. The van der Waals surface area contributed by atoms with Crippen LogP contribution in [0.15, 0.2) is 11.6 Å². The third-order valence-corrected chi connectivity index (χ3v) is 2.87. The van der Waals surface area contributed by atoms with Crippen molar-refractivity contribution < 1.29 is 14.6 Å². The smallest absolute Gasteiger partial charge is 0.410 e. The summed E-state index contributed by atoms with van der Waals surface area (Å²) in [7, 11) is 0. The summed E-state index contributed by atoms with van der Waals surface area (Å²) in [6, 6.07) is 0. The quantitative estimate of drug-likeness (QED) is 0.704. The third-order valence-electron chi connectivity index (χ3n) is 2.87. The number of ether oxygens (including phenoxy) is 1. The molecule has 0 bridgehead atoms. The maximum atomic E-state index is 11.1. The van der Waals surface area contributed by atoms with Gasteiger partial charge in [0.2, 0.25) is 0 Å². The minimum atomic E-state index is -1.29. The normalized spacial score (nSPS) is 34.6. The fourth-order valence-electron chi connectivity index (χ4n) is 1.59. The first-order valence-electron chi connectivity index (χ1n) is 5.14. The lowest BCUT2D eigenvalue weighted by molar-refractivity contribution is -0.0973. The number of rotatable bonds is 3. The highest BCUT2D eigenvalue weighted by atomic mass is 16.6. The number of hydrogen-bond donors (Lipinski definition) is 2. The SMILES string of the molecule is CC(C)=CCC[C@@]1(C)OC(=O)N[C@]1(C)O. The molecule has 4 heteroatoms. The van der Waals surface area contributed by atoms with Crippen molar-refractivity contribution in [3.8, 4) is 0 Å². The van der Waals surface area contributed by atoms with Gasteiger partial charge in [0.1, 0.15) is 0 Å². The van der Waals surface area contributed by atoms with Crippen LogP contribution in [0.5, 0.6) is 0 Å². The van der Waals surface area contributed by atoms with E-state index >= 15 is 0 Å². The molecular formula is C11H19NO3. The van der Waals surface area contributed by atoms with E-state index in [1.807, 2.05) is 13.8 Å². The molecule has 1 aliphatic rings. The molecule has 0 aromatic heterocycles. The number of carbonyl (C=O) groups is 1. The summed E-state index contributed by atoms with van der Waals surface area (Å²) in [5, 5.41) is 12.4. The molecule has 1 saturated heterocycles. The zero-order valence-electron chi connectivity index (χ0n) is 9.76. The number of alkyl carbamates (subject to hydrolysis) is 1. The zero-order chi connectivity index (χ0) is 11.7. The molecule has 0 unspecified atom stereocenters. The molecule has 0 aliphatic carbocycles. The number of aliphatic hydroxyl groups is 1. The van der Waals surface area contributed by atoms with E-state index in [1.165, 1.54) is 5.57 Å². The molecule has 0 saturated carbocycles. The van der Waals surface area contributed by atoms with Crippen LogP contribution in [0.3, 0.4) is 0 Å². The predicted octanol–water partition coefficient (Wildman–Crippen LogP) is 1.94.